The molecule has 1 aromatic carbocycles. The highest BCUT2D eigenvalue weighted by atomic mass is 79.9. The molecule has 0 amide bonds. The van der Waals surface area contributed by atoms with E-state index in [2.05, 4.69) is 20.8 Å². The number of nitrogens with two attached hydrogens (primary N) is 1. The molecule has 1 rings (SSSR count). The third-order valence-corrected chi connectivity index (χ3v) is 3.16. The Morgan fingerprint density at radius 1 is 1.43 bits per heavy atom. The molecular formula is C10H14BrNO2. The number of hydrogen-bond donors (Lipinski definition) is 1. The normalized spacial score (nSPS) is 10.3. The topological polar surface area (TPSA) is 44.5 Å². The van der Waals surface area contributed by atoms with Crippen LogP contribution in [0, 0.1) is 6.92 Å². The quantitative estimate of drug-likeness (QED) is 0.844. The molecule has 0 radical (unpaired) electrons. The zero-order valence-corrected chi connectivity index (χ0v) is 9.93. The summed E-state index contributed by atoms with van der Waals surface area (Å²) in [6.07, 6.45) is 0.773. The highest BCUT2D eigenvalue weighted by Gasteiger charge is 2.05. The molecule has 0 aliphatic rings. The van der Waals surface area contributed by atoms with Gasteiger partial charge < -0.3 is 9.57 Å². The lowest BCUT2D eigenvalue weighted by atomic mass is 10.1. The number of hydrogen-bond acceptors (Lipinski definition) is 3. The Kier molecular flexibility index (Phi) is 4.38. The molecule has 0 atom stereocenters. The van der Waals surface area contributed by atoms with E-state index in [1.165, 1.54) is 0 Å². The smallest absolute Gasteiger partial charge is 0.119 e. The van der Waals surface area contributed by atoms with Gasteiger partial charge in [0.05, 0.1) is 13.7 Å². The molecule has 0 bridgehead atoms. The van der Waals surface area contributed by atoms with Crippen molar-refractivity contribution >= 4 is 15.9 Å². The molecule has 0 saturated heterocycles. The van der Waals surface area contributed by atoms with Crippen LogP contribution in [0.3, 0.4) is 0 Å². The summed E-state index contributed by atoms with van der Waals surface area (Å²) < 4.78 is 6.27. The van der Waals surface area contributed by atoms with Crippen molar-refractivity contribution in [2.45, 2.75) is 13.3 Å². The molecule has 0 unspecified atom stereocenters. The number of rotatable bonds is 4. The van der Waals surface area contributed by atoms with E-state index in [1.807, 2.05) is 19.1 Å². The van der Waals surface area contributed by atoms with Gasteiger partial charge in [0.1, 0.15) is 5.75 Å². The van der Waals surface area contributed by atoms with E-state index in [9.17, 15) is 0 Å². The van der Waals surface area contributed by atoms with Crippen LogP contribution in [0.25, 0.3) is 0 Å². The van der Waals surface area contributed by atoms with Crippen molar-refractivity contribution in [3.05, 3.63) is 27.7 Å². The van der Waals surface area contributed by atoms with Gasteiger partial charge in [-0.15, -0.1) is 0 Å². The van der Waals surface area contributed by atoms with Crippen LogP contribution in [0.4, 0.5) is 0 Å². The zero-order chi connectivity index (χ0) is 10.6. The Morgan fingerprint density at radius 2 is 2.14 bits per heavy atom. The van der Waals surface area contributed by atoms with Crippen LogP contribution >= 0.6 is 15.9 Å². The molecule has 3 nitrogen and oxygen atoms in total. The van der Waals surface area contributed by atoms with Crippen molar-refractivity contribution in [2.24, 2.45) is 5.90 Å². The summed E-state index contributed by atoms with van der Waals surface area (Å²) in [5.41, 5.74) is 2.30. The fraction of sp³-hybridized carbons (Fsp3) is 0.400. The molecular weight excluding hydrogens is 246 g/mol. The van der Waals surface area contributed by atoms with Crippen LogP contribution in [-0.2, 0) is 11.3 Å². The molecule has 0 spiro atoms. The minimum Gasteiger partial charge on any atom is -0.497 e. The molecule has 0 saturated carbocycles. The SMILES string of the molecule is COc1cc(C)c(Br)c(CCON)c1. The van der Waals surface area contributed by atoms with Crippen LogP contribution in [0.5, 0.6) is 5.75 Å². The molecule has 78 valence electrons. The fourth-order valence-corrected chi connectivity index (χ4v) is 1.70. The summed E-state index contributed by atoms with van der Waals surface area (Å²) >= 11 is 3.52. The lowest BCUT2D eigenvalue weighted by molar-refractivity contribution is 0.141. The highest BCUT2D eigenvalue weighted by molar-refractivity contribution is 9.10. The van der Waals surface area contributed by atoms with Crippen LogP contribution in [-0.4, -0.2) is 13.7 Å². The van der Waals surface area contributed by atoms with Crippen molar-refractivity contribution < 1.29 is 9.57 Å². The van der Waals surface area contributed by atoms with Gasteiger partial charge in [0.2, 0.25) is 0 Å². The van der Waals surface area contributed by atoms with E-state index in [4.69, 9.17) is 10.6 Å². The first-order valence-corrected chi connectivity index (χ1v) is 5.13. The molecule has 0 heterocycles. The summed E-state index contributed by atoms with van der Waals surface area (Å²) in [6.45, 7) is 2.53. The Hall–Kier alpha value is -0.580. The summed E-state index contributed by atoms with van der Waals surface area (Å²) in [4.78, 5) is 4.55. The van der Waals surface area contributed by atoms with Gasteiger partial charge in [0, 0.05) is 4.47 Å². The van der Waals surface area contributed by atoms with Crippen LogP contribution in [0.2, 0.25) is 0 Å². The zero-order valence-electron chi connectivity index (χ0n) is 8.34. The largest absolute Gasteiger partial charge is 0.497 e. The Balaban J connectivity index is 2.95. The number of aryl methyl sites for hydroxylation is 1. The number of benzene rings is 1. The molecule has 4 heteroatoms. The molecule has 14 heavy (non-hydrogen) atoms. The van der Waals surface area contributed by atoms with Crippen molar-refractivity contribution in [3.8, 4) is 5.75 Å². The fourth-order valence-electron chi connectivity index (χ4n) is 1.28. The minimum atomic E-state index is 0.505. The van der Waals surface area contributed by atoms with E-state index in [0.717, 1.165) is 27.8 Å². The maximum Gasteiger partial charge on any atom is 0.119 e. The van der Waals surface area contributed by atoms with Gasteiger partial charge in [-0.3, -0.25) is 0 Å². The van der Waals surface area contributed by atoms with Gasteiger partial charge in [-0.05, 0) is 36.6 Å². The van der Waals surface area contributed by atoms with Crippen molar-refractivity contribution in [3.63, 3.8) is 0 Å². The third-order valence-electron chi connectivity index (χ3n) is 2.03. The Morgan fingerprint density at radius 3 is 2.71 bits per heavy atom. The Bertz CT molecular complexity index is 315. The second kappa shape index (κ2) is 5.34. The van der Waals surface area contributed by atoms with Crippen LogP contribution < -0.4 is 10.6 Å². The minimum absolute atomic E-state index is 0.505. The van der Waals surface area contributed by atoms with Crippen LogP contribution in [0.1, 0.15) is 11.1 Å². The monoisotopic (exact) mass is 259 g/mol. The van der Waals surface area contributed by atoms with E-state index in [1.54, 1.807) is 7.11 Å². The van der Waals surface area contributed by atoms with Crippen molar-refractivity contribution in [2.75, 3.05) is 13.7 Å². The van der Waals surface area contributed by atoms with Gasteiger partial charge in [0.15, 0.2) is 0 Å². The molecule has 0 fully saturated rings. The highest BCUT2D eigenvalue weighted by Crippen LogP contribution is 2.27. The third kappa shape index (κ3) is 2.70. The number of methoxy groups -OCH3 is 1. The van der Waals surface area contributed by atoms with E-state index < -0.39 is 0 Å². The molecule has 0 aliphatic carbocycles. The first kappa shape index (κ1) is 11.5. The average Bonchev–Trinajstić information content (AvgIpc) is 2.20. The lowest BCUT2D eigenvalue weighted by Crippen LogP contribution is -2.04. The summed E-state index contributed by atoms with van der Waals surface area (Å²) in [7, 11) is 1.66. The molecule has 0 aromatic heterocycles. The first-order chi connectivity index (χ1) is 6.69. The maximum atomic E-state index is 5.18. The average molecular weight is 260 g/mol. The van der Waals surface area contributed by atoms with Crippen LogP contribution in [0.15, 0.2) is 16.6 Å². The van der Waals surface area contributed by atoms with E-state index in [-0.39, 0.29) is 0 Å². The predicted molar refractivity (Wildman–Crippen MR) is 59.3 cm³/mol. The summed E-state index contributed by atoms with van der Waals surface area (Å²) in [5, 5.41) is 0. The van der Waals surface area contributed by atoms with Crippen molar-refractivity contribution in [1.82, 2.24) is 0 Å². The van der Waals surface area contributed by atoms with Gasteiger partial charge >= 0.3 is 0 Å². The van der Waals surface area contributed by atoms with Gasteiger partial charge in [0.25, 0.3) is 0 Å². The summed E-state index contributed by atoms with van der Waals surface area (Å²) in [5.74, 6) is 5.85. The van der Waals surface area contributed by atoms with Gasteiger partial charge in [-0.25, -0.2) is 5.90 Å². The van der Waals surface area contributed by atoms with Crippen molar-refractivity contribution in [1.29, 1.82) is 0 Å². The molecule has 2 N–H and O–H groups in total. The summed E-state index contributed by atoms with van der Waals surface area (Å²) in [6, 6.07) is 3.97. The predicted octanol–water partition coefficient (Wildman–Crippen LogP) is 2.20. The lowest BCUT2D eigenvalue weighted by Gasteiger charge is -2.09. The van der Waals surface area contributed by atoms with E-state index in [0.29, 0.717) is 6.61 Å². The first-order valence-electron chi connectivity index (χ1n) is 4.33. The second-order valence-corrected chi connectivity index (χ2v) is 3.83. The molecule has 1 aromatic rings. The molecule has 0 aliphatic heterocycles. The second-order valence-electron chi connectivity index (χ2n) is 3.04. The number of ether oxygens (including phenoxy) is 1. The maximum absolute atomic E-state index is 5.18. The number of halogens is 1. The van der Waals surface area contributed by atoms with E-state index >= 15 is 0 Å². The van der Waals surface area contributed by atoms with Gasteiger partial charge in [-0.1, -0.05) is 15.9 Å². The standard InChI is InChI=1S/C10H14BrNO2/c1-7-5-9(13-2)6-8(10(7)11)3-4-14-12/h5-6H,3-4,12H2,1-2H3. The Labute approximate surface area is 92.3 Å². The van der Waals surface area contributed by atoms with Gasteiger partial charge in [-0.2, -0.15) is 0 Å².